The second-order valence-corrected chi connectivity index (χ2v) is 5.10. The van der Waals surface area contributed by atoms with E-state index in [1.54, 1.807) is 30.2 Å². The Bertz CT molecular complexity index is 682. The Labute approximate surface area is 127 Å². The van der Waals surface area contributed by atoms with Crippen LogP contribution >= 0.6 is 0 Å². The molecule has 0 spiro atoms. The highest BCUT2D eigenvalue weighted by molar-refractivity contribution is 5.95. The van der Waals surface area contributed by atoms with E-state index in [2.05, 4.69) is 9.97 Å². The predicted molar refractivity (Wildman–Crippen MR) is 78.9 cm³/mol. The van der Waals surface area contributed by atoms with Crippen LogP contribution in [0, 0.1) is 12.7 Å². The molecule has 0 radical (unpaired) electrons. The Hall–Kier alpha value is -2.34. The number of ether oxygens (including phenoxy) is 1. The third-order valence-corrected chi connectivity index (χ3v) is 3.61. The fourth-order valence-corrected chi connectivity index (χ4v) is 2.35. The fraction of sp³-hybridized carbons (Fsp3) is 0.312. The summed E-state index contributed by atoms with van der Waals surface area (Å²) >= 11 is 0. The van der Waals surface area contributed by atoms with Gasteiger partial charge in [0.05, 0.1) is 24.5 Å². The molecule has 0 atom stereocenters. The minimum absolute atomic E-state index is 0.0774. The van der Waals surface area contributed by atoms with Crippen LogP contribution in [0.4, 0.5) is 4.39 Å². The number of halogens is 1. The van der Waals surface area contributed by atoms with Crippen molar-refractivity contribution >= 4 is 5.91 Å². The van der Waals surface area contributed by atoms with E-state index in [0.29, 0.717) is 43.4 Å². The molecular weight excluding hydrogens is 285 g/mol. The van der Waals surface area contributed by atoms with Crippen LogP contribution < -0.4 is 0 Å². The van der Waals surface area contributed by atoms with E-state index in [-0.39, 0.29) is 11.7 Å². The summed E-state index contributed by atoms with van der Waals surface area (Å²) in [6.45, 7) is 4.05. The lowest BCUT2D eigenvalue weighted by atomic mass is 10.1. The van der Waals surface area contributed by atoms with E-state index in [9.17, 15) is 9.18 Å². The zero-order valence-electron chi connectivity index (χ0n) is 12.3. The van der Waals surface area contributed by atoms with Crippen molar-refractivity contribution in [2.75, 3.05) is 26.3 Å². The van der Waals surface area contributed by atoms with Gasteiger partial charge in [0.25, 0.3) is 5.91 Å². The van der Waals surface area contributed by atoms with Gasteiger partial charge in [-0.05, 0) is 31.2 Å². The Kier molecular flexibility index (Phi) is 4.11. The van der Waals surface area contributed by atoms with Gasteiger partial charge in [0.1, 0.15) is 5.82 Å². The van der Waals surface area contributed by atoms with E-state index in [4.69, 9.17) is 4.74 Å². The number of benzene rings is 1. The highest BCUT2D eigenvalue weighted by Gasteiger charge is 2.21. The maximum Gasteiger partial charge on any atom is 0.257 e. The zero-order chi connectivity index (χ0) is 15.5. The lowest BCUT2D eigenvalue weighted by molar-refractivity contribution is 0.0302. The van der Waals surface area contributed by atoms with Crippen LogP contribution in [-0.2, 0) is 4.74 Å². The summed E-state index contributed by atoms with van der Waals surface area (Å²) in [4.78, 5) is 22.8. The van der Waals surface area contributed by atoms with Crippen molar-refractivity contribution in [1.29, 1.82) is 0 Å². The van der Waals surface area contributed by atoms with Crippen molar-refractivity contribution in [3.05, 3.63) is 47.5 Å². The van der Waals surface area contributed by atoms with E-state index in [1.165, 1.54) is 12.1 Å². The van der Waals surface area contributed by atoms with Gasteiger partial charge in [0.2, 0.25) is 0 Å². The molecule has 114 valence electrons. The first-order valence-corrected chi connectivity index (χ1v) is 7.12. The maximum atomic E-state index is 13.0. The van der Waals surface area contributed by atoms with Crippen LogP contribution in [0.3, 0.4) is 0 Å². The standard InChI is InChI=1S/C16H16FN3O2/c1-11-14(16(21)20-6-8-22-9-7-20)10-18-15(19-11)12-2-4-13(17)5-3-12/h2-5,10H,6-9H2,1H3. The topological polar surface area (TPSA) is 55.3 Å². The fourth-order valence-electron chi connectivity index (χ4n) is 2.35. The molecule has 22 heavy (non-hydrogen) atoms. The lowest BCUT2D eigenvalue weighted by Gasteiger charge is -2.27. The Morgan fingerprint density at radius 2 is 1.91 bits per heavy atom. The van der Waals surface area contributed by atoms with Gasteiger partial charge in [-0.15, -0.1) is 0 Å². The molecule has 1 fully saturated rings. The van der Waals surface area contributed by atoms with Crippen molar-refractivity contribution < 1.29 is 13.9 Å². The molecule has 1 amide bonds. The number of morpholine rings is 1. The summed E-state index contributed by atoms with van der Waals surface area (Å²) in [5.41, 5.74) is 1.83. The molecular formula is C16H16FN3O2. The number of amides is 1. The number of carbonyl (C=O) groups excluding carboxylic acids is 1. The number of carbonyl (C=O) groups is 1. The zero-order valence-corrected chi connectivity index (χ0v) is 12.3. The molecule has 2 aromatic rings. The molecule has 1 aliphatic rings. The molecule has 0 unspecified atom stereocenters. The molecule has 0 bridgehead atoms. The Morgan fingerprint density at radius 3 is 2.55 bits per heavy atom. The van der Waals surface area contributed by atoms with Gasteiger partial charge < -0.3 is 9.64 Å². The molecule has 1 aliphatic heterocycles. The van der Waals surface area contributed by atoms with Crippen molar-refractivity contribution in [3.8, 4) is 11.4 Å². The molecule has 0 saturated carbocycles. The summed E-state index contributed by atoms with van der Waals surface area (Å²) in [6, 6.07) is 5.96. The molecule has 2 heterocycles. The first-order chi connectivity index (χ1) is 10.6. The number of nitrogens with zero attached hydrogens (tertiary/aromatic N) is 3. The summed E-state index contributed by atoms with van der Waals surface area (Å²) < 4.78 is 18.2. The minimum Gasteiger partial charge on any atom is -0.378 e. The molecule has 3 rings (SSSR count). The van der Waals surface area contributed by atoms with E-state index >= 15 is 0 Å². The third kappa shape index (κ3) is 2.96. The smallest absolute Gasteiger partial charge is 0.257 e. The average molecular weight is 301 g/mol. The first-order valence-electron chi connectivity index (χ1n) is 7.12. The van der Waals surface area contributed by atoms with E-state index in [1.807, 2.05) is 0 Å². The van der Waals surface area contributed by atoms with Crippen LogP contribution in [0.15, 0.2) is 30.5 Å². The molecule has 6 heteroatoms. The summed E-state index contributed by atoms with van der Waals surface area (Å²) in [6.07, 6.45) is 1.54. The van der Waals surface area contributed by atoms with Crippen molar-refractivity contribution in [3.63, 3.8) is 0 Å². The molecule has 5 nitrogen and oxygen atoms in total. The second-order valence-electron chi connectivity index (χ2n) is 5.10. The van der Waals surface area contributed by atoms with Crippen LogP contribution in [0.5, 0.6) is 0 Å². The van der Waals surface area contributed by atoms with Gasteiger partial charge in [0.15, 0.2) is 5.82 Å². The van der Waals surface area contributed by atoms with Crippen LogP contribution in [0.1, 0.15) is 16.1 Å². The highest BCUT2D eigenvalue weighted by atomic mass is 19.1. The molecule has 1 aromatic carbocycles. The quantitative estimate of drug-likeness (QED) is 0.852. The maximum absolute atomic E-state index is 13.0. The average Bonchev–Trinajstić information content (AvgIpc) is 2.56. The Morgan fingerprint density at radius 1 is 1.23 bits per heavy atom. The van der Waals surface area contributed by atoms with Gasteiger partial charge in [-0.1, -0.05) is 0 Å². The molecule has 1 aromatic heterocycles. The summed E-state index contributed by atoms with van der Waals surface area (Å²) in [5.74, 6) is 0.0991. The number of hydrogen-bond donors (Lipinski definition) is 0. The minimum atomic E-state index is -0.306. The monoisotopic (exact) mass is 301 g/mol. The normalized spacial score (nSPS) is 14.9. The van der Waals surface area contributed by atoms with E-state index < -0.39 is 0 Å². The van der Waals surface area contributed by atoms with Crippen LogP contribution in [-0.4, -0.2) is 47.1 Å². The predicted octanol–water partition coefficient (Wildman–Crippen LogP) is 2.06. The van der Waals surface area contributed by atoms with Gasteiger partial charge in [-0.3, -0.25) is 4.79 Å². The van der Waals surface area contributed by atoms with Gasteiger partial charge >= 0.3 is 0 Å². The number of rotatable bonds is 2. The lowest BCUT2D eigenvalue weighted by Crippen LogP contribution is -2.41. The van der Waals surface area contributed by atoms with Crippen LogP contribution in [0.25, 0.3) is 11.4 Å². The number of aromatic nitrogens is 2. The van der Waals surface area contributed by atoms with Gasteiger partial charge in [-0.2, -0.15) is 0 Å². The van der Waals surface area contributed by atoms with E-state index in [0.717, 1.165) is 5.56 Å². The largest absolute Gasteiger partial charge is 0.378 e. The van der Waals surface area contributed by atoms with Gasteiger partial charge in [0, 0.05) is 24.8 Å². The van der Waals surface area contributed by atoms with Crippen molar-refractivity contribution in [2.45, 2.75) is 6.92 Å². The van der Waals surface area contributed by atoms with Gasteiger partial charge in [-0.25, -0.2) is 14.4 Å². The van der Waals surface area contributed by atoms with Crippen LogP contribution in [0.2, 0.25) is 0 Å². The second kappa shape index (κ2) is 6.19. The molecule has 0 aliphatic carbocycles. The summed E-state index contributed by atoms with van der Waals surface area (Å²) in [7, 11) is 0. The number of aryl methyl sites for hydroxylation is 1. The first kappa shape index (κ1) is 14.6. The summed E-state index contributed by atoms with van der Waals surface area (Å²) in [5, 5.41) is 0. The van der Waals surface area contributed by atoms with Crippen molar-refractivity contribution in [1.82, 2.24) is 14.9 Å². The Balaban J connectivity index is 1.85. The highest BCUT2D eigenvalue weighted by Crippen LogP contribution is 2.18. The van der Waals surface area contributed by atoms with Crippen molar-refractivity contribution in [2.24, 2.45) is 0 Å². The SMILES string of the molecule is Cc1nc(-c2ccc(F)cc2)ncc1C(=O)N1CCOCC1. The molecule has 1 saturated heterocycles. The number of hydrogen-bond acceptors (Lipinski definition) is 4. The molecule has 0 N–H and O–H groups in total. The third-order valence-electron chi connectivity index (χ3n) is 3.61.